The first-order chi connectivity index (χ1) is 9.39. The number of hydrogen-bond acceptors (Lipinski definition) is 4. The Bertz CT molecular complexity index is 228. The fourth-order valence-corrected chi connectivity index (χ4v) is 1.15. The molecule has 0 aliphatic rings. The average molecular weight is 289 g/mol. The quantitative estimate of drug-likeness (QED) is 0.594. The van der Waals surface area contributed by atoms with Crippen molar-refractivity contribution < 1.29 is 14.3 Å². The molecule has 4 heteroatoms. The molecule has 0 aliphatic heterocycles. The van der Waals surface area contributed by atoms with Gasteiger partial charge in [-0.3, -0.25) is 4.79 Å². The van der Waals surface area contributed by atoms with Gasteiger partial charge in [0.1, 0.15) is 6.61 Å². The maximum Gasteiger partial charge on any atom is 0.160 e. The fraction of sp³-hybridized carbons (Fsp3) is 0.938. The number of ether oxygens (including phenoxy) is 2. The second-order valence-corrected chi connectivity index (χ2v) is 5.45. The van der Waals surface area contributed by atoms with Crippen molar-refractivity contribution in [1.82, 2.24) is 5.32 Å². The zero-order valence-corrected chi connectivity index (χ0v) is 14.5. The first-order valence-corrected chi connectivity index (χ1v) is 7.82. The lowest BCUT2D eigenvalue weighted by molar-refractivity contribution is -0.127. The molecule has 0 aliphatic carbocycles. The Morgan fingerprint density at radius 2 is 1.65 bits per heavy atom. The monoisotopic (exact) mass is 289 g/mol. The van der Waals surface area contributed by atoms with E-state index in [9.17, 15) is 4.79 Å². The van der Waals surface area contributed by atoms with Crippen molar-refractivity contribution in [1.29, 1.82) is 0 Å². The van der Waals surface area contributed by atoms with Crippen LogP contribution in [0, 0.1) is 5.92 Å². The van der Waals surface area contributed by atoms with E-state index in [2.05, 4.69) is 26.1 Å². The van der Waals surface area contributed by atoms with E-state index in [4.69, 9.17) is 9.47 Å². The van der Waals surface area contributed by atoms with Gasteiger partial charge in [-0.1, -0.05) is 34.6 Å². The Hall–Kier alpha value is -0.450. The number of ketones is 1. The van der Waals surface area contributed by atoms with Crippen LogP contribution in [0.2, 0.25) is 0 Å². The van der Waals surface area contributed by atoms with E-state index < -0.39 is 0 Å². The number of Topliss-reactive ketones (excluding diaryl/α,β-unsaturated/α-hetero) is 1. The molecule has 0 aromatic heterocycles. The number of carbonyl (C=O) groups is 1. The lowest BCUT2D eigenvalue weighted by atomic mass is 10.0. The van der Waals surface area contributed by atoms with Crippen LogP contribution in [0.5, 0.6) is 0 Å². The normalized spacial score (nSPS) is 11.2. The predicted octanol–water partition coefficient (Wildman–Crippen LogP) is 3.05. The van der Waals surface area contributed by atoms with Gasteiger partial charge in [-0.25, -0.2) is 0 Å². The molecule has 20 heavy (non-hydrogen) atoms. The van der Waals surface area contributed by atoms with Crippen molar-refractivity contribution >= 4 is 5.78 Å². The van der Waals surface area contributed by atoms with E-state index >= 15 is 0 Å². The summed E-state index contributed by atoms with van der Waals surface area (Å²) in [5.74, 6) is 0.188. The zero-order valence-electron chi connectivity index (χ0n) is 14.5. The van der Waals surface area contributed by atoms with Gasteiger partial charge in [-0.15, -0.1) is 0 Å². The van der Waals surface area contributed by atoms with Crippen LogP contribution in [0.4, 0.5) is 0 Å². The van der Waals surface area contributed by atoms with Crippen LogP contribution in [0.3, 0.4) is 0 Å². The fourth-order valence-electron chi connectivity index (χ4n) is 1.15. The van der Waals surface area contributed by atoms with Gasteiger partial charge in [0.25, 0.3) is 0 Å². The third-order valence-corrected chi connectivity index (χ3v) is 2.99. The molecule has 0 spiro atoms. The van der Waals surface area contributed by atoms with E-state index in [1.165, 1.54) is 0 Å². The average Bonchev–Trinajstić information content (AvgIpc) is 2.43. The maximum absolute atomic E-state index is 11.2. The van der Waals surface area contributed by atoms with E-state index in [0.29, 0.717) is 19.8 Å². The Morgan fingerprint density at radius 1 is 1.10 bits per heavy atom. The molecule has 0 radical (unpaired) electrons. The molecule has 0 unspecified atom stereocenters. The molecule has 4 nitrogen and oxygen atoms in total. The molecule has 0 fully saturated rings. The molecule has 0 atom stereocenters. The Labute approximate surface area is 125 Å². The topological polar surface area (TPSA) is 47.6 Å². The minimum Gasteiger partial charge on any atom is -0.378 e. The second kappa shape index (κ2) is 13.5. The van der Waals surface area contributed by atoms with Crippen LogP contribution in [-0.4, -0.2) is 44.3 Å². The lowest BCUT2D eigenvalue weighted by Gasteiger charge is -2.24. The molecule has 0 heterocycles. The molecule has 122 valence electrons. The highest BCUT2D eigenvalue weighted by molar-refractivity contribution is 5.81. The van der Waals surface area contributed by atoms with Gasteiger partial charge < -0.3 is 14.8 Å². The summed E-state index contributed by atoms with van der Waals surface area (Å²) in [7, 11) is 0. The van der Waals surface area contributed by atoms with Crippen molar-refractivity contribution in [3.8, 4) is 0 Å². The number of carbonyl (C=O) groups excluding carboxylic acids is 1. The highest BCUT2D eigenvalue weighted by atomic mass is 16.5. The minimum absolute atomic E-state index is 0.0476. The molecule has 0 aromatic rings. The second-order valence-electron chi connectivity index (χ2n) is 5.45. The minimum atomic E-state index is 0.0476. The van der Waals surface area contributed by atoms with Gasteiger partial charge in [-0.2, -0.15) is 0 Å². The zero-order chi connectivity index (χ0) is 16.0. The lowest BCUT2D eigenvalue weighted by Crippen LogP contribution is -2.40. The molecular formula is C16H35NO3. The largest absolute Gasteiger partial charge is 0.378 e. The van der Waals surface area contributed by atoms with Gasteiger partial charge in [0, 0.05) is 18.0 Å². The predicted molar refractivity (Wildman–Crippen MR) is 85.2 cm³/mol. The van der Waals surface area contributed by atoms with E-state index in [0.717, 1.165) is 13.0 Å². The summed E-state index contributed by atoms with van der Waals surface area (Å²) >= 11 is 0. The van der Waals surface area contributed by atoms with E-state index in [1.807, 2.05) is 27.7 Å². The maximum atomic E-state index is 11.2. The van der Waals surface area contributed by atoms with E-state index in [-0.39, 0.29) is 23.8 Å². The standard InChI is InChI=1S/C14H29NO3.C2H6/c1-6-14(4,5)15-7-8-17-9-10-18-11-13(16)12(2)3;1-2/h12,15H,6-11H2,1-5H3;1-2H3. The van der Waals surface area contributed by atoms with Crippen LogP contribution in [0.1, 0.15) is 54.9 Å². The van der Waals surface area contributed by atoms with Crippen LogP contribution < -0.4 is 5.32 Å². The van der Waals surface area contributed by atoms with Gasteiger partial charge in [0.15, 0.2) is 5.78 Å². The number of hydrogen-bond donors (Lipinski definition) is 1. The summed E-state index contributed by atoms with van der Waals surface area (Å²) in [6.45, 7) is 17.0. The van der Waals surface area contributed by atoms with Gasteiger partial charge >= 0.3 is 0 Å². The summed E-state index contributed by atoms with van der Waals surface area (Å²) in [5, 5.41) is 3.41. The first kappa shape index (κ1) is 21.8. The summed E-state index contributed by atoms with van der Waals surface area (Å²) in [5.41, 5.74) is 0.170. The highest BCUT2D eigenvalue weighted by Gasteiger charge is 2.12. The Balaban J connectivity index is 0. The molecule has 0 saturated heterocycles. The van der Waals surface area contributed by atoms with Gasteiger partial charge in [-0.05, 0) is 20.3 Å². The summed E-state index contributed by atoms with van der Waals surface area (Å²) < 4.78 is 10.6. The number of nitrogens with one attached hydrogen (secondary N) is 1. The van der Waals surface area contributed by atoms with Crippen molar-refractivity contribution in [2.24, 2.45) is 5.92 Å². The Morgan fingerprint density at radius 3 is 2.15 bits per heavy atom. The third kappa shape index (κ3) is 14.0. The number of rotatable bonds is 11. The van der Waals surface area contributed by atoms with Crippen molar-refractivity contribution in [2.75, 3.05) is 33.0 Å². The summed E-state index contributed by atoms with van der Waals surface area (Å²) in [4.78, 5) is 11.2. The van der Waals surface area contributed by atoms with Gasteiger partial charge in [0.2, 0.25) is 0 Å². The summed E-state index contributed by atoms with van der Waals surface area (Å²) in [6, 6.07) is 0. The van der Waals surface area contributed by atoms with Crippen molar-refractivity contribution in [3.05, 3.63) is 0 Å². The summed E-state index contributed by atoms with van der Waals surface area (Å²) in [6.07, 6.45) is 1.09. The molecule has 0 saturated carbocycles. The molecule has 0 amide bonds. The van der Waals surface area contributed by atoms with Crippen LogP contribution in [0.15, 0.2) is 0 Å². The smallest absolute Gasteiger partial charge is 0.160 e. The molecule has 0 bridgehead atoms. The van der Waals surface area contributed by atoms with E-state index in [1.54, 1.807) is 0 Å². The van der Waals surface area contributed by atoms with Crippen molar-refractivity contribution in [2.45, 2.75) is 60.4 Å². The molecule has 0 rings (SSSR count). The van der Waals surface area contributed by atoms with Crippen LogP contribution in [-0.2, 0) is 14.3 Å². The van der Waals surface area contributed by atoms with Crippen LogP contribution >= 0.6 is 0 Å². The molecule has 0 aromatic carbocycles. The van der Waals surface area contributed by atoms with Crippen LogP contribution in [0.25, 0.3) is 0 Å². The van der Waals surface area contributed by atoms with Gasteiger partial charge in [0.05, 0.1) is 19.8 Å². The Kier molecular flexibility index (Phi) is 14.8. The van der Waals surface area contributed by atoms with Crippen molar-refractivity contribution in [3.63, 3.8) is 0 Å². The third-order valence-electron chi connectivity index (χ3n) is 2.99. The SMILES string of the molecule is CC.CCC(C)(C)NCCOCCOCC(=O)C(C)C. The molecular weight excluding hydrogens is 254 g/mol. The first-order valence-electron chi connectivity index (χ1n) is 7.82. The molecule has 1 N–H and O–H groups in total. The highest BCUT2D eigenvalue weighted by Crippen LogP contribution is 2.05.